The van der Waals surface area contributed by atoms with E-state index in [0.29, 0.717) is 19.1 Å². The van der Waals surface area contributed by atoms with Crippen molar-refractivity contribution >= 4 is 5.97 Å². The molecule has 1 N–H and O–H groups in total. The lowest BCUT2D eigenvalue weighted by Crippen LogP contribution is -2.35. The molecule has 0 aliphatic carbocycles. The van der Waals surface area contributed by atoms with Crippen molar-refractivity contribution in [2.45, 2.75) is 39.3 Å². The highest BCUT2D eigenvalue weighted by molar-refractivity contribution is 5.73. The molecule has 20 heavy (non-hydrogen) atoms. The summed E-state index contributed by atoms with van der Waals surface area (Å²) in [6, 6.07) is 7.64. The second-order valence-corrected chi connectivity index (χ2v) is 5.82. The molecular formula is C16H23NO3. The number of ether oxygens (including phenoxy) is 1. The van der Waals surface area contributed by atoms with Crippen LogP contribution in [-0.2, 0) is 11.3 Å². The zero-order valence-electron chi connectivity index (χ0n) is 12.2. The minimum atomic E-state index is -0.709. The number of nitrogens with zero attached hydrogens (tertiary/aromatic N) is 1. The van der Waals surface area contributed by atoms with Crippen LogP contribution >= 0.6 is 0 Å². The molecule has 0 saturated carbocycles. The van der Waals surface area contributed by atoms with E-state index in [2.05, 4.69) is 13.8 Å². The van der Waals surface area contributed by atoms with Gasteiger partial charge >= 0.3 is 5.97 Å². The van der Waals surface area contributed by atoms with Crippen molar-refractivity contribution in [2.24, 2.45) is 5.92 Å². The van der Waals surface area contributed by atoms with E-state index in [4.69, 9.17) is 9.84 Å². The van der Waals surface area contributed by atoms with Crippen molar-refractivity contribution in [3.8, 4) is 5.75 Å². The van der Waals surface area contributed by atoms with Crippen LogP contribution in [0.5, 0.6) is 5.75 Å². The highest BCUT2D eigenvalue weighted by Crippen LogP contribution is 2.21. The SMILES string of the molecule is CC(C)COc1ccc(CN2CCCC2C(=O)O)cc1. The van der Waals surface area contributed by atoms with E-state index in [1.165, 1.54) is 0 Å². The number of carboxylic acids is 1. The van der Waals surface area contributed by atoms with Gasteiger partial charge in [-0.15, -0.1) is 0 Å². The van der Waals surface area contributed by atoms with Crippen molar-refractivity contribution in [2.75, 3.05) is 13.2 Å². The Morgan fingerprint density at radius 2 is 2.10 bits per heavy atom. The van der Waals surface area contributed by atoms with Crippen LogP contribution in [0, 0.1) is 5.92 Å². The third-order valence-electron chi connectivity index (χ3n) is 3.54. The van der Waals surface area contributed by atoms with Gasteiger partial charge in [-0.3, -0.25) is 9.69 Å². The quantitative estimate of drug-likeness (QED) is 0.868. The fourth-order valence-electron chi connectivity index (χ4n) is 2.48. The maximum absolute atomic E-state index is 11.1. The highest BCUT2D eigenvalue weighted by Gasteiger charge is 2.30. The normalized spacial score (nSPS) is 19.4. The van der Waals surface area contributed by atoms with E-state index < -0.39 is 5.97 Å². The Hall–Kier alpha value is -1.55. The standard InChI is InChI=1S/C16H23NO3/c1-12(2)11-20-14-7-5-13(6-8-14)10-17-9-3-4-15(17)16(18)19/h5-8,12,15H,3-4,9-11H2,1-2H3,(H,18,19). The summed E-state index contributed by atoms with van der Waals surface area (Å²) in [4.78, 5) is 13.2. The first-order chi connectivity index (χ1) is 9.56. The smallest absolute Gasteiger partial charge is 0.320 e. The molecule has 1 saturated heterocycles. The predicted molar refractivity (Wildman–Crippen MR) is 77.8 cm³/mol. The summed E-state index contributed by atoms with van der Waals surface area (Å²) in [6.45, 7) is 6.51. The third kappa shape index (κ3) is 3.97. The summed E-state index contributed by atoms with van der Waals surface area (Å²) in [5, 5.41) is 9.17. The topological polar surface area (TPSA) is 49.8 Å². The van der Waals surface area contributed by atoms with E-state index in [-0.39, 0.29) is 6.04 Å². The number of rotatable bonds is 6. The average molecular weight is 277 g/mol. The van der Waals surface area contributed by atoms with Crippen LogP contribution < -0.4 is 4.74 Å². The second kappa shape index (κ2) is 6.75. The zero-order chi connectivity index (χ0) is 14.5. The van der Waals surface area contributed by atoms with E-state index in [9.17, 15) is 4.79 Å². The molecule has 1 heterocycles. The van der Waals surface area contributed by atoms with Gasteiger partial charge in [0.05, 0.1) is 6.61 Å². The van der Waals surface area contributed by atoms with E-state index in [1.807, 2.05) is 29.2 Å². The van der Waals surface area contributed by atoms with Gasteiger partial charge in [-0.2, -0.15) is 0 Å². The molecule has 1 unspecified atom stereocenters. The fourth-order valence-corrected chi connectivity index (χ4v) is 2.48. The van der Waals surface area contributed by atoms with Crippen LogP contribution in [0.2, 0.25) is 0 Å². The Kier molecular flexibility index (Phi) is 5.01. The van der Waals surface area contributed by atoms with E-state index >= 15 is 0 Å². The van der Waals surface area contributed by atoms with Crippen LogP contribution in [0.4, 0.5) is 0 Å². The lowest BCUT2D eigenvalue weighted by Gasteiger charge is -2.21. The molecule has 1 fully saturated rings. The Morgan fingerprint density at radius 1 is 1.40 bits per heavy atom. The first-order valence-corrected chi connectivity index (χ1v) is 7.25. The summed E-state index contributed by atoms with van der Waals surface area (Å²) >= 11 is 0. The van der Waals surface area contributed by atoms with Gasteiger partial charge in [-0.25, -0.2) is 0 Å². The van der Waals surface area contributed by atoms with Crippen molar-refractivity contribution in [3.05, 3.63) is 29.8 Å². The number of carbonyl (C=O) groups is 1. The molecule has 0 bridgehead atoms. The van der Waals surface area contributed by atoms with Crippen molar-refractivity contribution in [3.63, 3.8) is 0 Å². The number of carboxylic acid groups (broad SMARTS) is 1. The minimum Gasteiger partial charge on any atom is -0.493 e. The Balaban J connectivity index is 1.91. The van der Waals surface area contributed by atoms with Crippen LogP contribution in [-0.4, -0.2) is 35.2 Å². The van der Waals surface area contributed by atoms with Gasteiger partial charge in [0, 0.05) is 6.54 Å². The minimum absolute atomic E-state index is 0.327. The van der Waals surface area contributed by atoms with Gasteiger partial charge in [-0.1, -0.05) is 26.0 Å². The summed E-state index contributed by atoms with van der Waals surface area (Å²) in [7, 11) is 0. The molecule has 4 nitrogen and oxygen atoms in total. The van der Waals surface area contributed by atoms with Crippen molar-refractivity contribution in [1.82, 2.24) is 4.90 Å². The molecule has 1 aromatic rings. The van der Waals surface area contributed by atoms with Gasteiger partial charge in [0.15, 0.2) is 0 Å². The molecule has 0 spiro atoms. The average Bonchev–Trinajstić information content (AvgIpc) is 2.86. The summed E-state index contributed by atoms with van der Waals surface area (Å²) in [5.74, 6) is 0.675. The first kappa shape index (κ1) is 14.9. The van der Waals surface area contributed by atoms with E-state index in [0.717, 1.165) is 30.7 Å². The monoisotopic (exact) mass is 277 g/mol. The molecule has 4 heteroatoms. The molecule has 2 rings (SSSR count). The molecule has 0 radical (unpaired) electrons. The van der Waals surface area contributed by atoms with Crippen LogP contribution in [0.3, 0.4) is 0 Å². The maximum atomic E-state index is 11.1. The van der Waals surface area contributed by atoms with Crippen LogP contribution in [0.15, 0.2) is 24.3 Å². The van der Waals surface area contributed by atoms with Crippen LogP contribution in [0.25, 0.3) is 0 Å². The summed E-state index contributed by atoms with van der Waals surface area (Å²) in [5.41, 5.74) is 1.13. The molecular weight excluding hydrogens is 254 g/mol. The van der Waals surface area contributed by atoms with Crippen molar-refractivity contribution < 1.29 is 14.6 Å². The lowest BCUT2D eigenvalue weighted by molar-refractivity contribution is -0.142. The number of aliphatic carboxylic acids is 1. The number of benzene rings is 1. The summed E-state index contributed by atoms with van der Waals surface area (Å²) < 4.78 is 5.64. The largest absolute Gasteiger partial charge is 0.493 e. The highest BCUT2D eigenvalue weighted by atomic mass is 16.5. The Bertz CT molecular complexity index is 442. The van der Waals surface area contributed by atoms with Gasteiger partial charge in [0.1, 0.15) is 11.8 Å². The van der Waals surface area contributed by atoms with Gasteiger partial charge < -0.3 is 9.84 Å². The zero-order valence-corrected chi connectivity index (χ0v) is 12.2. The molecule has 1 atom stereocenters. The Morgan fingerprint density at radius 3 is 2.70 bits per heavy atom. The first-order valence-electron chi connectivity index (χ1n) is 7.25. The van der Waals surface area contributed by atoms with Gasteiger partial charge in [0.2, 0.25) is 0 Å². The molecule has 0 amide bonds. The predicted octanol–water partition coefficient (Wildman–Crippen LogP) is 2.77. The van der Waals surface area contributed by atoms with Crippen LogP contribution in [0.1, 0.15) is 32.3 Å². The number of hydrogen-bond donors (Lipinski definition) is 1. The molecule has 1 aromatic carbocycles. The molecule has 1 aliphatic heterocycles. The fraction of sp³-hybridized carbons (Fsp3) is 0.562. The maximum Gasteiger partial charge on any atom is 0.320 e. The number of hydrogen-bond acceptors (Lipinski definition) is 3. The second-order valence-electron chi connectivity index (χ2n) is 5.82. The molecule has 110 valence electrons. The summed E-state index contributed by atoms with van der Waals surface area (Å²) in [6.07, 6.45) is 1.72. The van der Waals surface area contributed by atoms with Gasteiger partial charge in [0.25, 0.3) is 0 Å². The van der Waals surface area contributed by atoms with Gasteiger partial charge in [-0.05, 0) is 43.0 Å². The Labute approximate surface area is 120 Å². The van der Waals surface area contributed by atoms with E-state index in [1.54, 1.807) is 0 Å². The molecule has 0 aromatic heterocycles. The lowest BCUT2D eigenvalue weighted by atomic mass is 10.1. The number of likely N-dealkylation sites (tertiary alicyclic amines) is 1. The third-order valence-corrected chi connectivity index (χ3v) is 3.54. The van der Waals surface area contributed by atoms with Crippen molar-refractivity contribution in [1.29, 1.82) is 0 Å². The molecule has 1 aliphatic rings.